The molecule has 20 heavy (non-hydrogen) atoms. The number of nitrogens with zero attached hydrogens (tertiary/aromatic N) is 2. The molecule has 0 unspecified atom stereocenters. The van der Waals surface area contributed by atoms with E-state index >= 15 is 0 Å². The largest absolute Gasteiger partial charge is 0.347 e. The number of H-pyrrole nitrogens is 1. The van der Waals surface area contributed by atoms with Gasteiger partial charge in [-0.3, -0.25) is 14.9 Å². The van der Waals surface area contributed by atoms with Crippen LogP contribution in [0, 0.1) is 0 Å². The molecule has 0 saturated heterocycles. The number of fused-ring (bicyclic) bond motifs is 1. The first-order valence-electron chi connectivity index (χ1n) is 6.05. The van der Waals surface area contributed by atoms with Gasteiger partial charge in [-0.25, -0.2) is 0 Å². The molecule has 6 heteroatoms. The Hall–Kier alpha value is -2.40. The summed E-state index contributed by atoms with van der Waals surface area (Å²) in [5.41, 5.74) is 2.11. The van der Waals surface area contributed by atoms with Crippen molar-refractivity contribution in [3.8, 4) is 0 Å². The number of hydrogen-bond donors (Lipinski definition) is 2. The molecular weight excluding hydrogens is 276 g/mol. The number of nitrogens with one attached hydrogen (secondary N) is 2. The lowest BCUT2D eigenvalue weighted by Gasteiger charge is -2.03. The van der Waals surface area contributed by atoms with E-state index in [2.05, 4.69) is 20.5 Å². The molecule has 2 aromatic heterocycles. The van der Waals surface area contributed by atoms with Gasteiger partial charge in [0, 0.05) is 24.0 Å². The first-order valence-corrected chi connectivity index (χ1v) is 6.42. The zero-order valence-electron chi connectivity index (χ0n) is 10.4. The van der Waals surface area contributed by atoms with Gasteiger partial charge in [0.05, 0.1) is 10.9 Å². The molecule has 0 spiro atoms. The Bertz CT molecular complexity index is 751. The quantitative estimate of drug-likeness (QED) is 0.777. The zero-order chi connectivity index (χ0) is 13.9. The third-order valence-corrected chi connectivity index (χ3v) is 3.20. The van der Waals surface area contributed by atoms with Crippen molar-refractivity contribution in [3.63, 3.8) is 0 Å². The van der Waals surface area contributed by atoms with Gasteiger partial charge in [0.15, 0.2) is 5.69 Å². The van der Waals surface area contributed by atoms with Crippen LogP contribution in [0.1, 0.15) is 16.1 Å². The van der Waals surface area contributed by atoms with Crippen molar-refractivity contribution in [1.29, 1.82) is 0 Å². The van der Waals surface area contributed by atoms with Crippen LogP contribution in [0.5, 0.6) is 0 Å². The van der Waals surface area contributed by atoms with Crippen molar-refractivity contribution in [3.05, 3.63) is 59.0 Å². The number of rotatable bonds is 3. The van der Waals surface area contributed by atoms with Crippen molar-refractivity contribution in [2.75, 3.05) is 0 Å². The molecule has 1 aromatic carbocycles. The number of aromatic amines is 1. The van der Waals surface area contributed by atoms with E-state index in [0.29, 0.717) is 22.6 Å². The molecule has 0 aliphatic carbocycles. The van der Waals surface area contributed by atoms with Crippen LogP contribution < -0.4 is 5.32 Å². The van der Waals surface area contributed by atoms with Gasteiger partial charge in [-0.15, -0.1) is 0 Å². The summed E-state index contributed by atoms with van der Waals surface area (Å²) in [5.74, 6) is -0.237. The van der Waals surface area contributed by atoms with Crippen LogP contribution >= 0.6 is 11.6 Å². The molecule has 0 fully saturated rings. The Kier molecular flexibility index (Phi) is 3.35. The van der Waals surface area contributed by atoms with Gasteiger partial charge in [0.2, 0.25) is 0 Å². The molecular formula is C14H11ClN4O. The highest BCUT2D eigenvalue weighted by atomic mass is 35.5. The fourth-order valence-corrected chi connectivity index (χ4v) is 2.02. The van der Waals surface area contributed by atoms with E-state index < -0.39 is 0 Å². The van der Waals surface area contributed by atoms with Crippen LogP contribution in [-0.4, -0.2) is 21.1 Å². The van der Waals surface area contributed by atoms with Crippen LogP contribution in [0.2, 0.25) is 5.02 Å². The van der Waals surface area contributed by atoms with Crippen LogP contribution in [-0.2, 0) is 6.54 Å². The number of aromatic nitrogens is 3. The van der Waals surface area contributed by atoms with Gasteiger partial charge < -0.3 is 5.32 Å². The van der Waals surface area contributed by atoms with Gasteiger partial charge in [0.25, 0.3) is 5.91 Å². The van der Waals surface area contributed by atoms with Gasteiger partial charge >= 0.3 is 0 Å². The normalized spacial score (nSPS) is 10.7. The highest BCUT2D eigenvalue weighted by molar-refractivity contribution is 6.30. The van der Waals surface area contributed by atoms with Gasteiger partial charge in [-0.1, -0.05) is 23.7 Å². The minimum atomic E-state index is -0.237. The Labute approximate surface area is 120 Å². The number of halogens is 1. The second-order valence-corrected chi connectivity index (χ2v) is 4.74. The maximum Gasteiger partial charge on any atom is 0.272 e. The summed E-state index contributed by atoms with van der Waals surface area (Å²) in [5, 5.41) is 11.0. The van der Waals surface area contributed by atoms with E-state index in [4.69, 9.17) is 11.6 Å². The van der Waals surface area contributed by atoms with Crippen LogP contribution in [0.4, 0.5) is 0 Å². The summed E-state index contributed by atoms with van der Waals surface area (Å²) >= 11 is 5.81. The van der Waals surface area contributed by atoms with E-state index in [1.807, 2.05) is 12.1 Å². The lowest BCUT2D eigenvalue weighted by Crippen LogP contribution is -2.23. The number of hydrogen-bond acceptors (Lipinski definition) is 3. The Morgan fingerprint density at radius 1 is 1.25 bits per heavy atom. The Balaban J connectivity index is 1.75. The third kappa shape index (κ3) is 2.48. The molecule has 100 valence electrons. The molecule has 3 aromatic rings. The molecule has 0 saturated carbocycles. The van der Waals surface area contributed by atoms with Crippen molar-refractivity contribution >= 4 is 28.4 Å². The average Bonchev–Trinajstić information content (AvgIpc) is 2.90. The minimum absolute atomic E-state index is 0.237. The molecule has 3 rings (SSSR count). The lowest BCUT2D eigenvalue weighted by molar-refractivity contribution is 0.0947. The van der Waals surface area contributed by atoms with Crippen molar-refractivity contribution in [1.82, 2.24) is 20.5 Å². The molecule has 0 aliphatic rings. The predicted octanol–water partition coefficient (Wildman–Crippen LogP) is 2.54. The minimum Gasteiger partial charge on any atom is -0.347 e. The standard InChI is InChI=1S/C14H11ClN4O/c15-10-3-1-9(2-4-10)7-17-14(20)13-11-8-16-6-5-12(11)18-19-13/h1-6,8H,7H2,(H,17,20)(H,18,19). The van der Waals surface area contributed by atoms with Crippen LogP contribution in [0.25, 0.3) is 10.9 Å². The smallest absolute Gasteiger partial charge is 0.272 e. The van der Waals surface area contributed by atoms with E-state index in [1.165, 1.54) is 0 Å². The molecule has 2 N–H and O–H groups in total. The zero-order valence-corrected chi connectivity index (χ0v) is 11.2. The number of benzene rings is 1. The van der Waals surface area contributed by atoms with Crippen molar-refractivity contribution in [2.24, 2.45) is 0 Å². The molecule has 0 atom stereocenters. The average molecular weight is 287 g/mol. The van der Waals surface area contributed by atoms with E-state index in [1.54, 1.807) is 30.6 Å². The summed E-state index contributed by atoms with van der Waals surface area (Å²) in [6, 6.07) is 9.09. The van der Waals surface area contributed by atoms with Gasteiger partial charge in [0.1, 0.15) is 0 Å². The maximum absolute atomic E-state index is 12.1. The number of amides is 1. The molecule has 0 aliphatic heterocycles. The summed E-state index contributed by atoms with van der Waals surface area (Å²) < 4.78 is 0. The summed E-state index contributed by atoms with van der Waals surface area (Å²) in [6.07, 6.45) is 3.27. The van der Waals surface area contributed by atoms with Gasteiger partial charge in [-0.2, -0.15) is 5.10 Å². The maximum atomic E-state index is 12.1. The second kappa shape index (κ2) is 5.30. The van der Waals surface area contributed by atoms with Crippen LogP contribution in [0.15, 0.2) is 42.7 Å². The van der Waals surface area contributed by atoms with Gasteiger partial charge in [-0.05, 0) is 23.8 Å². The fourth-order valence-electron chi connectivity index (χ4n) is 1.90. The summed E-state index contributed by atoms with van der Waals surface area (Å²) in [4.78, 5) is 16.1. The Morgan fingerprint density at radius 3 is 2.85 bits per heavy atom. The van der Waals surface area contributed by atoms with Crippen molar-refractivity contribution < 1.29 is 4.79 Å². The van der Waals surface area contributed by atoms with Crippen molar-refractivity contribution in [2.45, 2.75) is 6.54 Å². The van der Waals surface area contributed by atoms with E-state index in [9.17, 15) is 4.79 Å². The molecule has 0 bridgehead atoms. The Morgan fingerprint density at radius 2 is 2.05 bits per heavy atom. The molecule has 2 heterocycles. The number of carbonyl (C=O) groups excluding carboxylic acids is 1. The first-order chi connectivity index (χ1) is 9.74. The van der Waals surface area contributed by atoms with E-state index in [0.717, 1.165) is 11.1 Å². The highest BCUT2D eigenvalue weighted by Crippen LogP contribution is 2.14. The predicted molar refractivity (Wildman–Crippen MR) is 76.5 cm³/mol. The van der Waals surface area contributed by atoms with E-state index in [-0.39, 0.29) is 5.91 Å². The SMILES string of the molecule is O=C(NCc1ccc(Cl)cc1)c1n[nH]c2ccncc12. The summed E-state index contributed by atoms with van der Waals surface area (Å²) in [7, 11) is 0. The number of carbonyl (C=O) groups is 1. The second-order valence-electron chi connectivity index (χ2n) is 4.30. The monoisotopic (exact) mass is 286 g/mol. The molecule has 1 amide bonds. The molecule has 0 radical (unpaired) electrons. The molecule has 5 nitrogen and oxygen atoms in total. The summed E-state index contributed by atoms with van der Waals surface area (Å²) in [6.45, 7) is 0.421. The topological polar surface area (TPSA) is 70.7 Å². The number of pyridine rings is 1. The van der Waals surface area contributed by atoms with Crippen LogP contribution in [0.3, 0.4) is 0 Å². The third-order valence-electron chi connectivity index (χ3n) is 2.95. The lowest BCUT2D eigenvalue weighted by atomic mass is 10.2. The fraction of sp³-hybridized carbons (Fsp3) is 0.0714. The highest BCUT2D eigenvalue weighted by Gasteiger charge is 2.13. The first kappa shape index (κ1) is 12.6.